The fourth-order valence-corrected chi connectivity index (χ4v) is 1.00. The Labute approximate surface area is 85.1 Å². The molecule has 0 spiro atoms. The fourth-order valence-electron chi connectivity index (χ4n) is 1.00. The van der Waals surface area contributed by atoms with E-state index in [4.69, 9.17) is 5.11 Å². The molecule has 0 aliphatic rings. The molecule has 0 heterocycles. The summed E-state index contributed by atoms with van der Waals surface area (Å²) < 4.78 is 0. The van der Waals surface area contributed by atoms with Gasteiger partial charge < -0.3 is 5.11 Å². The zero-order valence-corrected chi connectivity index (χ0v) is 8.11. The maximum atomic E-state index is 8.51. The van der Waals surface area contributed by atoms with E-state index in [9.17, 15) is 0 Å². The van der Waals surface area contributed by atoms with Crippen LogP contribution in [0.5, 0.6) is 0 Å². The van der Waals surface area contributed by atoms with E-state index in [0.29, 0.717) is 0 Å². The average molecular weight is 186 g/mol. The number of rotatable bonds is 3. The summed E-state index contributed by atoms with van der Waals surface area (Å²) >= 11 is 0. The van der Waals surface area contributed by atoms with Crippen LogP contribution in [0.4, 0.5) is 0 Å². The van der Waals surface area contributed by atoms with Crippen LogP contribution in [0.1, 0.15) is 18.4 Å². The van der Waals surface area contributed by atoms with E-state index in [1.54, 1.807) is 0 Å². The third-order valence-corrected chi connectivity index (χ3v) is 1.72. The van der Waals surface area contributed by atoms with Crippen LogP contribution in [-0.2, 0) is 0 Å². The Morgan fingerprint density at radius 3 is 2.71 bits per heavy atom. The van der Waals surface area contributed by atoms with Gasteiger partial charge in [0.1, 0.15) is 0 Å². The van der Waals surface area contributed by atoms with Crippen molar-refractivity contribution in [2.24, 2.45) is 0 Å². The van der Waals surface area contributed by atoms with Gasteiger partial charge in [0.15, 0.2) is 0 Å². The standard InChI is InChI=1S/C13H14O/c14-12-8-3-1-2-5-9-13-10-6-4-7-11-13/h4-7,9-11,14H,3,8,12H2/b9-5-. The van der Waals surface area contributed by atoms with Gasteiger partial charge in [-0.3, -0.25) is 0 Å². The maximum Gasteiger partial charge on any atom is 0.0440 e. The third kappa shape index (κ3) is 4.49. The Morgan fingerprint density at radius 2 is 2.00 bits per heavy atom. The molecular weight excluding hydrogens is 172 g/mol. The van der Waals surface area contributed by atoms with Crippen molar-refractivity contribution in [1.82, 2.24) is 0 Å². The molecule has 1 nitrogen and oxygen atoms in total. The summed E-state index contributed by atoms with van der Waals surface area (Å²) in [7, 11) is 0. The molecule has 0 amide bonds. The van der Waals surface area contributed by atoms with E-state index < -0.39 is 0 Å². The lowest BCUT2D eigenvalue weighted by molar-refractivity contribution is 0.290. The van der Waals surface area contributed by atoms with Crippen LogP contribution in [0, 0.1) is 11.8 Å². The quantitative estimate of drug-likeness (QED) is 0.568. The van der Waals surface area contributed by atoms with Crippen LogP contribution in [-0.4, -0.2) is 11.7 Å². The minimum absolute atomic E-state index is 0.219. The number of aliphatic hydroxyl groups excluding tert-OH is 1. The minimum atomic E-state index is 0.219. The first-order chi connectivity index (χ1) is 6.93. The summed E-state index contributed by atoms with van der Waals surface area (Å²) in [5.41, 5.74) is 1.16. The van der Waals surface area contributed by atoms with Crippen LogP contribution in [0.2, 0.25) is 0 Å². The van der Waals surface area contributed by atoms with Gasteiger partial charge in [-0.25, -0.2) is 0 Å². The van der Waals surface area contributed by atoms with Gasteiger partial charge in [-0.05, 0) is 24.1 Å². The van der Waals surface area contributed by atoms with Crippen LogP contribution >= 0.6 is 0 Å². The summed E-state index contributed by atoms with van der Waals surface area (Å²) in [6, 6.07) is 10.1. The zero-order chi connectivity index (χ0) is 10.1. The van der Waals surface area contributed by atoms with Crippen molar-refractivity contribution in [2.45, 2.75) is 12.8 Å². The second-order valence-corrected chi connectivity index (χ2v) is 2.89. The van der Waals surface area contributed by atoms with Crippen molar-refractivity contribution in [3.8, 4) is 11.8 Å². The van der Waals surface area contributed by atoms with Gasteiger partial charge in [-0.2, -0.15) is 0 Å². The summed E-state index contributed by atoms with van der Waals surface area (Å²) in [5.74, 6) is 5.89. The first-order valence-corrected chi connectivity index (χ1v) is 4.74. The Bertz CT molecular complexity index is 327. The van der Waals surface area contributed by atoms with Crippen LogP contribution in [0.3, 0.4) is 0 Å². The molecule has 1 N–H and O–H groups in total. The lowest BCUT2D eigenvalue weighted by atomic mass is 10.2. The molecule has 1 rings (SSSR count). The topological polar surface area (TPSA) is 20.2 Å². The predicted octanol–water partition coefficient (Wildman–Crippen LogP) is 2.48. The van der Waals surface area contributed by atoms with Crippen molar-refractivity contribution >= 4 is 6.08 Å². The van der Waals surface area contributed by atoms with Crippen molar-refractivity contribution < 1.29 is 5.11 Å². The summed E-state index contributed by atoms with van der Waals surface area (Å²) in [5, 5.41) is 8.51. The van der Waals surface area contributed by atoms with Crippen molar-refractivity contribution in [2.75, 3.05) is 6.61 Å². The second-order valence-electron chi connectivity index (χ2n) is 2.89. The van der Waals surface area contributed by atoms with Gasteiger partial charge in [0.25, 0.3) is 0 Å². The summed E-state index contributed by atoms with van der Waals surface area (Å²) in [6.45, 7) is 0.219. The van der Waals surface area contributed by atoms with Crippen LogP contribution in [0.25, 0.3) is 6.08 Å². The Hall–Kier alpha value is -1.52. The smallest absolute Gasteiger partial charge is 0.0440 e. The molecule has 0 fully saturated rings. The lowest BCUT2D eigenvalue weighted by Gasteiger charge is -1.87. The highest BCUT2D eigenvalue weighted by molar-refractivity contribution is 5.52. The number of unbranched alkanes of at least 4 members (excludes halogenated alkanes) is 1. The van der Waals surface area contributed by atoms with Crippen molar-refractivity contribution in [3.63, 3.8) is 0 Å². The van der Waals surface area contributed by atoms with E-state index in [2.05, 4.69) is 11.8 Å². The van der Waals surface area contributed by atoms with Gasteiger partial charge in [0.2, 0.25) is 0 Å². The molecule has 1 aromatic rings. The Kier molecular flexibility index (Phi) is 5.23. The molecule has 14 heavy (non-hydrogen) atoms. The number of hydrogen-bond acceptors (Lipinski definition) is 1. The van der Waals surface area contributed by atoms with Gasteiger partial charge in [-0.1, -0.05) is 42.2 Å². The molecule has 0 aromatic heterocycles. The predicted molar refractivity (Wildman–Crippen MR) is 59.6 cm³/mol. The normalized spacial score (nSPS) is 9.79. The molecule has 0 atom stereocenters. The SMILES string of the molecule is OCCCC#C/C=C\c1ccccc1. The highest BCUT2D eigenvalue weighted by Gasteiger charge is 1.79. The van der Waals surface area contributed by atoms with Gasteiger partial charge in [0, 0.05) is 13.0 Å². The van der Waals surface area contributed by atoms with E-state index in [0.717, 1.165) is 18.4 Å². The molecule has 0 saturated carbocycles. The molecule has 0 aliphatic heterocycles. The Balaban J connectivity index is 2.36. The van der Waals surface area contributed by atoms with Crippen LogP contribution < -0.4 is 0 Å². The monoisotopic (exact) mass is 186 g/mol. The summed E-state index contributed by atoms with van der Waals surface area (Å²) in [4.78, 5) is 0. The lowest BCUT2D eigenvalue weighted by Crippen LogP contribution is -1.77. The zero-order valence-electron chi connectivity index (χ0n) is 8.11. The Morgan fingerprint density at radius 1 is 1.21 bits per heavy atom. The van der Waals surface area contributed by atoms with Crippen LogP contribution in [0.15, 0.2) is 36.4 Å². The number of aliphatic hydroxyl groups is 1. The second kappa shape index (κ2) is 6.94. The average Bonchev–Trinajstić information content (AvgIpc) is 2.25. The third-order valence-electron chi connectivity index (χ3n) is 1.72. The van der Waals surface area contributed by atoms with E-state index in [1.807, 2.05) is 42.5 Å². The molecule has 0 aliphatic carbocycles. The molecule has 72 valence electrons. The molecule has 1 heteroatoms. The first kappa shape index (κ1) is 10.6. The number of hydrogen-bond donors (Lipinski definition) is 1. The summed E-state index contributed by atoms with van der Waals surface area (Å²) in [6.07, 6.45) is 5.33. The van der Waals surface area contributed by atoms with Crippen molar-refractivity contribution in [3.05, 3.63) is 42.0 Å². The fraction of sp³-hybridized carbons (Fsp3) is 0.231. The van der Waals surface area contributed by atoms with Gasteiger partial charge in [0.05, 0.1) is 0 Å². The molecular formula is C13H14O. The largest absolute Gasteiger partial charge is 0.396 e. The molecule has 0 saturated heterocycles. The van der Waals surface area contributed by atoms with Crippen molar-refractivity contribution in [1.29, 1.82) is 0 Å². The molecule has 0 unspecified atom stereocenters. The number of allylic oxidation sites excluding steroid dienone is 1. The molecule has 0 bridgehead atoms. The first-order valence-electron chi connectivity index (χ1n) is 4.74. The maximum absolute atomic E-state index is 8.51. The highest BCUT2D eigenvalue weighted by Crippen LogP contribution is 1.99. The highest BCUT2D eigenvalue weighted by atomic mass is 16.2. The molecule has 1 aromatic carbocycles. The van der Waals surface area contributed by atoms with E-state index in [-0.39, 0.29) is 6.61 Å². The van der Waals surface area contributed by atoms with E-state index >= 15 is 0 Å². The van der Waals surface area contributed by atoms with E-state index in [1.165, 1.54) is 0 Å². The minimum Gasteiger partial charge on any atom is -0.396 e. The van der Waals surface area contributed by atoms with Gasteiger partial charge in [-0.15, -0.1) is 0 Å². The van der Waals surface area contributed by atoms with Gasteiger partial charge >= 0.3 is 0 Å². The number of benzene rings is 1. The molecule has 0 radical (unpaired) electrons.